The van der Waals surface area contributed by atoms with E-state index in [-0.39, 0.29) is 39.8 Å². The zero-order valence-electron chi connectivity index (χ0n) is 26.2. The van der Waals surface area contributed by atoms with Gasteiger partial charge in [0.2, 0.25) is 16.4 Å². The van der Waals surface area contributed by atoms with Gasteiger partial charge in [-0.2, -0.15) is 18.2 Å². The number of amides is 2. The number of β-lactam (4-membered cyclic amide) rings is 1. The molecule has 0 saturated carbocycles. The standard InChI is InChI=1S/C23H25N11O7S3.C2HF3O2/c1-23(2,19(39)40)41-31-12(9-7-43-21(26)27-9)15(35)29-13-16(36)33-14(18(37)38)8(5-42-17(13)33)6-44-22-28-10(24)4-11-32(3)20(25)30-34(11)22;3-2(4,5)1(6)7/h4,7,13,17,24H,5-6H2,1-3H3,(H7,25,26,27,29,30,35,37,38,39,40);(H,6,7)/b31-12-;. The van der Waals surface area contributed by atoms with Crippen molar-refractivity contribution in [3.05, 3.63) is 28.4 Å². The fraction of sp³-hybridized carbons (Fsp3) is 0.360. The molecule has 0 bridgehead atoms. The predicted octanol–water partition coefficient (Wildman–Crippen LogP) is -1.83. The van der Waals surface area contributed by atoms with Gasteiger partial charge in [-0.3, -0.25) is 14.5 Å². The lowest BCUT2D eigenvalue weighted by atomic mass is 10.0. The minimum absolute atomic E-state index is 0.00773. The normalized spacial score (nSPS) is 17.6. The molecule has 5 rings (SSSR count). The Morgan fingerprint density at radius 3 is 2.41 bits per heavy atom. The number of anilines is 3. The molecule has 2 atom stereocenters. The topological polar surface area (TPSA) is 311 Å². The number of oxime groups is 1. The van der Waals surface area contributed by atoms with Gasteiger partial charge >= 0.3 is 24.1 Å². The summed E-state index contributed by atoms with van der Waals surface area (Å²) in [4.78, 5) is 73.6. The highest BCUT2D eigenvalue weighted by molar-refractivity contribution is 8.01. The summed E-state index contributed by atoms with van der Waals surface area (Å²) in [6.45, 7) is 2.47. The molecular weight excluding hydrogens is 752 g/mol. The minimum Gasteiger partial charge on any atom is -0.542 e. The summed E-state index contributed by atoms with van der Waals surface area (Å²) < 4.78 is 34.7. The predicted molar refractivity (Wildman–Crippen MR) is 170 cm³/mol. The van der Waals surface area contributed by atoms with Crippen molar-refractivity contribution in [3.8, 4) is 0 Å². The maximum Gasteiger partial charge on any atom is 0.430 e. The summed E-state index contributed by atoms with van der Waals surface area (Å²) in [6, 6.07) is 0.495. The van der Waals surface area contributed by atoms with Crippen LogP contribution < -0.4 is 32.2 Å². The smallest absolute Gasteiger partial charge is 0.430 e. The first-order chi connectivity index (χ1) is 23.6. The molecule has 274 valence electrons. The lowest BCUT2D eigenvalue weighted by molar-refractivity contribution is -0.631. The van der Waals surface area contributed by atoms with Gasteiger partial charge in [-0.25, -0.2) is 19.1 Å². The molecular formula is C25H26F3N11O9S3. The number of alkyl halides is 3. The lowest BCUT2D eigenvalue weighted by Gasteiger charge is -2.49. The number of aryl methyl sites for hydroxylation is 1. The number of carboxylic acids is 3. The van der Waals surface area contributed by atoms with Crippen molar-refractivity contribution in [3.63, 3.8) is 0 Å². The molecule has 0 aromatic carbocycles. The van der Waals surface area contributed by atoms with Crippen LogP contribution in [-0.4, -0.2) is 105 Å². The van der Waals surface area contributed by atoms with Gasteiger partial charge in [-0.15, -0.1) is 23.1 Å². The molecule has 2 aliphatic heterocycles. The molecule has 0 radical (unpaired) electrons. The van der Waals surface area contributed by atoms with Crippen LogP contribution in [0.3, 0.4) is 0 Å². The number of aromatic nitrogens is 5. The molecule has 3 aromatic rings. The average molecular weight is 778 g/mol. The molecule has 1 saturated heterocycles. The van der Waals surface area contributed by atoms with Crippen molar-refractivity contribution in [2.24, 2.45) is 12.2 Å². The first-order valence-corrected chi connectivity index (χ1v) is 16.7. The van der Waals surface area contributed by atoms with E-state index in [4.69, 9.17) is 31.9 Å². The third-order valence-corrected chi connectivity index (χ3v) is 9.82. The fourth-order valence-corrected chi connectivity index (χ4v) is 7.14. The maximum absolute atomic E-state index is 13.3. The quantitative estimate of drug-likeness (QED) is 0.0329. The highest BCUT2D eigenvalue weighted by atomic mass is 32.2. The van der Waals surface area contributed by atoms with Gasteiger partial charge in [0.15, 0.2) is 10.8 Å². The molecule has 2 unspecified atom stereocenters. The lowest BCUT2D eigenvalue weighted by Crippen LogP contribution is -2.71. The Hall–Kier alpha value is -5.37. The molecule has 26 heteroatoms. The number of aliphatic carboxylic acids is 3. The zero-order valence-corrected chi connectivity index (χ0v) is 28.6. The van der Waals surface area contributed by atoms with Crippen LogP contribution in [0.2, 0.25) is 0 Å². The van der Waals surface area contributed by atoms with Crippen LogP contribution in [-0.2, 0) is 35.9 Å². The van der Waals surface area contributed by atoms with Crippen molar-refractivity contribution < 1.29 is 61.9 Å². The Balaban J connectivity index is 0.000000755. The SMILES string of the molecule is C[n+]1c(N)nn2c(SCC3=C(C(=O)O)N4C(=O)C(NC(=O)/C(=N\OC(C)(C)C(=O)O)c5csc(N)n5)C4SC3)nc(N)cc21.O=C([O-])C(F)(F)F. The average Bonchev–Trinajstić information content (AvgIpc) is 3.59. The Bertz CT molecular complexity index is 2000. The number of carbonyl (C=O) groups is 5. The van der Waals surface area contributed by atoms with Crippen molar-refractivity contribution in [1.82, 2.24) is 29.8 Å². The van der Waals surface area contributed by atoms with Crippen molar-refractivity contribution in [2.75, 3.05) is 28.7 Å². The van der Waals surface area contributed by atoms with Gasteiger partial charge in [-0.05, 0) is 19.4 Å². The molecule has 3 aromatic heterocycles. The molecule has 20 nitrogen and oxygen atoms in total. The number of carboxylic acid groups (broad SMARTS) is 3. The van der Waals surface area contributed by atoms with Crippen molar-refractivity contribution in [2.45, 2.75) is 42.2 Å². The van der Waals surface area contributed by atoms with Gasteiger partial charge in [0.25, 0.3) is 11.8 Å². The zero-order chi connectivity index (χ0) is 38.2. The number of nitrogen functional groups attached to an aromatic ring is 3. The number of nitrogens with two attached hydrogens (primary N) is 3. The second-order valence-electron chi connectivity index (χ2n) is 10.8. The highest BCUT2D eigenvalue weighted by Crippen LogP contribution is 2.41. The summed E-state index contributed by atoms with van der Waals surface area (Å²) in [6.07, 6.45) is -5.19. The van der Waals surface area contributed by atoms with Gasteiger partial charge in [0.05, 0.1) is 7.05 Å². The number of thioether (sulfide) groups is 2. The largest absolute Gasteiger partial charge is 0.542 e. The number of thiazole rings is 1. The van der Waals surface area contributed by atoms with Crippen LogP contribution in [0, 0.1) is 0 Å². The Kier molecular flexibility index (Phi) is 10.9. The van der Waals surface area contributed by atoms with Crippen LogP contribution in [0.1, 0.15) is 19.5 Å². The van der Waals surface area contributed by atoms with E-state index in [9.17, 15) is 42.6 Å². The van der Waals surface area contributed by atoms with E-state index in [1.54, 1.807) is 17.7 Å². The highest BCUT2D eigenvalue weighted by Gasteiger charge is 2.54. The molecule has 1 fully saturated rings. The third-order valence-electron chi connectivity index (χ3n) is 6.79. The summed E-state index contributed by atoms with van der Waals surface area (Å²) in [7, 11) is 1.71. The number of halogens is 3. The number of nitrogens with one attached hydrogen (secondary N) is 1. The first kappa shape index (κ1) is 38.4. The van der Waals surface area contributed by atoms with E-state index in [0.29, 0.717) is 16.4 Å². The van der Waals surface area contributed by atoms with Gasteiger partial charge < -0.3 is 47.5 Å². The Morgan fingerprint density at radius 2 is 1.86 bits per heavy atom. The maximum atomic E-state index is 13.3. The van der Waals surface area contributed by atoms with Gasteiger partial charge in [0.1, 0.15) is 34.6 Å². The summed E-state index contributed by atoms with van der Waals surface area (Å²) in [5, 5.41) is 39.9. The van der Waals surface area contributed by atoms with E-state index in [1.165, 1.54) is 47.3 Å². The van der Waals surface area contributed by atoms with Crippen LogP contribution in [0.5, 0.6) is 0 Å². The van der Waals surface area contributed by atoms with Gasteiger partial charge in [0, 0.05) is 28.1 Å². The minimum atomic E-state index is -5.19. The molecule has 2 amide bonds. The summed E-state index contributed by atoms with van der Waals surface area (Å²) >= 11 is 3.45. The molecule has 5 heterocycles. The van der Waals surface area contributed by atoms with E-state index in [1.807, 2.05) is 0 Å². The fourth-order valence-electron chi connectivity index (χ4n) is 4.15. The molecule has 51 heavy (non-hydrogen) atoms. The number of hydrogen-bond donors (Lipinski definition) is 6. The molecule has 0 spiro atoms. The number of fused-ring (bicyclic) bond motifs is 2. The van der Waals surface area contributed by atoms with Crippen LogP contribution >= 0.6 is 34.9 Å². The van der Waals surface area contributed by atoms with E-state index in [0.717, 1.165) is 16.2 Å². The third kappa shape index (κ3) is 8.17. The van der Waals surface area contributed by atoms with Crippen LogP contribution in [0.25, 0.3) is 5.65 Å². The van der Waals surface area contributed by atoms with Crippen LogP contribution in [0.15, 0.2) is 33.0 Å². The number of hydrogen-bond acceptors (Lipinski definition) is 17. The Morgan fingerprint density at radius 1 is 1.22 bits per heavy atom. The summed E-state index contributed by atoms with van der Waals surface area (Å²) in [5.41, 5.74) is 16.2. The van der Waals surface area contributed by atoms with E-state index >= 15 is 0 Å². The van der Waals surface area contributed by atoms with E-state index < -0.39 is 58.6 Å². The Labute approximate surface area is 295 Å². The second-order valence-corrected chi connectivity index (χ2v) is 13.7. The number of rotatable bonds is 10. The number of nitrogens with zero attached hydrogens (tertiary/aromatic N) is 7. The summed E-state index contributed by atoms with van der Waals surface area (Å²) in [5.74, 6) is -6.37. The first-order valence-electron chi connectivity index (χ1n) is 13.8. The van der Waals surface area contributed by atoms with Crippen LogP contribution in [0.4, 0.5) is 30.1 Å². The molecule has 9 N–H and O–H groups in total. The second kappa shape index (κ2) is 14.5. The monoisotopic (exact) mass is 777 g/mol. The van der Waals surface area contributed by atoms with Crippen molar-refractivity contribution >= 4 is 92.8 Å². The van der Waals surface area contributed by atoms with Crippen molar-refractivity contribution in [1.29, 1.82) is 0 Å². The van der Waals surface area contributed by atoms with Gasteiger partial charge in [-0.1, -0.05) is 21.4 Å². The molecule has 2 aliphatic rings. The van der Waals surface area contributed by atoms with E-state index in [2.05, 4.69) is 25.5 Å². The molecule has 0 aliphatic carbocycles. The number of carbonyl (C=O) groups excluding carboxylic acids is 3.